The minimum atomic E-state index is -1.74. The molecule has 1 aliphatic heterocycles. The van der Waals surface area contributed by atoms with E-state index in [-0.39, 0.29) is 12.1 Å². The van der Waals surface area contributed by atoms with E-state index in [2.05, 4.69) is 5.32 Å². The predicted octanol–water partition coefficient (Wildman–Crippen LogP) is 2.47. The quantitative estimate of drug-likeness (QED) is 0.836. The number of nitrogens with one attached hydrogen (secondary N) is 1. The van der Waals surface area contributed by atoms with Crippen LogP contribution in [0.1, 0.15) is 24.2 Å². The summed E-state index contributed by atoms with van der Waals surface area (Å²) in [6.07, 6.45) is -1.09. The Morgan fingerprint density at radius 2 is 1.84 bits per heavy atom. The number of amides is 3. The first-order valence-electron chi connectivity index (χ1n) is 7.65. The zero-order chi connectivity index (χ0) is 18.2. The maximum atomic E-state index is 14.1. The van der Waals surface area contributed by atoms with Gasteiger partial charge in [-0.2, -0.15) is 0 Å². The van der Waals surface area contributed by atoms with Gasteiger partial charge in [0.25, 0.3) is 5.91 Å². The predicted molar refractivity (Wildman–Crippen MR) is 85.4 cm³/mol. The lowest BCUT2D eigenvalue weighted by molar-refractivity contribution is -0.132. The maximum Gasteiger partial charge on any atom is 0.325 e. The summed E-state index contributed by atoms with van der Waals surface area (Å²) < 4.78 is 27.6. The minimum absolute atomic E-state index is 0.262. The summed E-state index contributed by atoms with van der Waals surface area (Å²) in [6, 6.07) is 10.5. The van der Waals surface area contributed by atoms with Gasteiger partial charge < -0.3 is 10.4 Å². The first kappa shape index (κ1) is 17.0. The fraction of sp³-hybridized carbons (Fsp3) is 0.222. The van der Waals surface area contributed by atoms with Crippen molar-refractivity contribution < 1.29 is 23.5 Å². The Bertz CT molecular complexity index is 828. The number of carbonyl (C=O) groups excluding carboxylic acids is 2. The summed E-state index contributed by atoms with van der Waals surface area (Å²) >= 11 is 0. The van der Waals surface area contributed by atoms with Gasteiger partial charge in [-0.15, -0.1) is 0 Å². The fourth-order valence-electron chi connectivity index (χ4n) is 2.88. The third-order valence-corrected chi connectivity index (χ3v) is 4.28. The number of urea groups is 1. The van der Waals surface area contributed by atoms with Crippen molar-refractivity contribution in [2.24, 2.45) is 0 Å². The minimum Gasteiger partial charge on any atom is -0.387 e. The Morgan fingerprint density at radius 3 is 2.52 bits per heavy atom. The van der Waals surface area contributed by atoms with E-state index in [4.69, 9.17) is 0 Å². The van der Waals surface area contributed by atoms with Gasteiger partial charge in [0.2, 0.25) is 0 Å². The summed E-state index contributed by atoms with van der Waals surface area (Å²) in [5.74, 6) is -2.28. The van der Waals surface area contributed by atoms with Crippen molar-refractivity contribution in [2.75, 3.05) is 6.54 Å². The number of hydrogen-bond donors (Lipinski definition) is 2. The Morgan fingerprint density at radius 1 is 1.16 bits per heavy atom. The highest BCUT2D eigenvalue weighted by Crippen LogP contribution is 2.32. The maximum absolute atomic E-state index is 14.1. The largest absolute Gasteiger partial charge is 0.387 e. The van der Waals surface area contributed by atoms with Crippen molar-refractivity contribution >= 4 is 11.9 Å². The molecule has 1 aliphatic rings. The number of carbonyl (C=O) groups is 2. The molecule has 7 heteroatoms. The molecule has 0 bridgehead atoms. The number of rotatable bonds is 4. The highest BCUT2D eigenvalue weighted by Gasteiger charge is 2.50. The van der Waals surface area contributed by atoms with Crippen LogP contribution in [0.15, 0.2) is 48.5 Å². The Hall–Kier alpha value is -2.80. The number of aliphatic hydroxyl groups is 1. The zero-order valence-corrected chi connectivity index (χ0v) is 13.4. The second-order valence-electron chi connectivity index (χ2n) is 6.02. The van der Waals surface area contributed by atoms with Crippen LogP contribution < -0.4 is 5.32 Å². The molecule has 130 valence electrons. The first-order valence-corrected chi connectivity index (χ1v) is 7.65. The lowest BCUT2D eigenvalue weighted by Gasteiger charge is -2.23. The monoisotopic (exact) mass is 346 g/mol. The summed E-state index contributed by atoms with van der Waals surface area (Å²) in [5.41, 5.74) is -1.46. The average molecular weight is 346 g/mol. The van der Waals surface area contributed by atoms with Crippen LogP contribution in [0.4, 0.5) is 13.6 Å². The van der Waals surface area contributed by atoms with Gasteiger partial charge in [0, 0.05) is 5.56 Å². The number of nitrogens with zero attached hydrogens (tertiary/aromatic N) is 1. The third-order valence-electron chi connectivity index (χ3n) is 4.28. The molecule has 1 heterocycles. The highest BCUT2D eigenvalue weighted by molar-refractivity contribution is 6.07. The number of halogens is 2. The SMILES string of the molecule is C[C@@]1(c2cc(F)ccc2F)NC(=O)N(C[C@@H](O)c2ccccc2)C1=O. The van der Waals surface area contributed by atoms with E-state index in [1.54, 1.807) is 30.3 Å². The zero-order valence-electron chi connectivity index (χ0n) is 13.4. The van der Waals surface area contributed by atoms with Gasteiger partial charge in [-0.05, 0) is 30.7 Å². The van der Waals surface area contributed by atoms with E-state index >= 15 is 0 Å². The molecule has 3 rings (SSSR count). The number of β-amino-alcohol motifs (C(OH)–C–C–N with tert-alkyl or cyclic N) is 1. The van der Waals surface area contributed by atoms with E-state index in [1.807, 2.05) is 0 Å². The lowest BCUT2D eigenvalue weighted by atomic mass is 9.91. The van der Waals surface area contributed by atoms with Gasteiger partial charge in [0.05, 0.1) is 12.6 Å². The first-order chi connectivity index (χ1) is 11.8. The number of benzene rings is 2. The molecule has 2 aromatic carbocycles. The molecule has 1 saturated heterocycles. The molecule has 3 amide bonds. The van der Waals surface area contributed by atoms with Crippen LogP contribution >= 0.6 is 0 Å². The van der Waals surface area contributed by atoms with Crippen LogP contribution in [0.2, 0.25) is 0 Å². The van der Waals surface area contributed by atoms with Crippen molar-refractivity contribution in [3.8, 4) is 0 Å². The van der Waals surface area contributed by atoms with Crippen molar-refractivity contribution in [1.29, 1.82) is 0 Å². The van der Waals surface area contributed by atoms with Crippen molar-refractivity contribution in [3.63, 3.8) is 0 Å². The van der Waals surface area contributed by atoms with Crippen LogP contribution in [0, 0.1) is 11.6 Å². The van der Waals surface area contributed by atoms with E-state index in [9.17, 15) is 23.5 Å². The fourth-order valence-corrected chi connectivity index (χ4v) is 2.88. The Labute approximate surface area is 142 Å². The number of hydrogen-bond acceptors (Lipinski definition) is 3. The summed E-state index contributed by atoms with van der Waals surface area (Å²) in [6.45, 7) is 1.02. The molecular formula is C18H16F2N2O3. The van der Waals surface area contributed by atoms with Gasteiger partial charge in [-0.3, -0.25) is 9.69 Å². The molecule has 0 saturated carbocycles. The van der Waals surface area contributed by atoms with Crippen molar-refractivity contribution in [3.05, 3.63) is 71.3 Å². The summed E-state index contributed by atoms with van der Waals surface area (Å²) in [5, 5.41) is 12.6. The normalized spacial score (nSPS) is 21.4. The second kappa shape index (κ2) is 6.25. The van der Waals surface area contributed by atoms with E-state index in [0.717, 1.165) is 23.1 Å². The molecule has 0 spiro atoms. The van der Waals surface area contributed by atoms with Crippen LogP contribution in [0.3, 0.4) is 0 Å². The molecule has 0 radical (unpaired) electrons. The standard InChI is InChI=1S/C18H16F2N2O3/c1-18(13-9-12(19)7-8-14(13)20)16(24)22(17(25)21-18)10-15(23)11-5-3-2-4-6-11/h2-9,15,23H,10H2,1H3,(H,21,25)/t15-,18+/m1/s1. The molecule has 25 heavy (non-hydrogen) atoms. The van der Waals surface area contributed by atoms with E-state index in [1.165, 1.54) is 6.92 Å². The third kappa shape index (κ3) is 2.98. The van der Waals surface area contributed by atoms with Crippen molar-refractivity contribution in [2.45, 2.75) is 18.6 Å². The number of aliphatic hydroxyl groups excluding tert-OH is 1. The van der Waals surface area contributed by atoms with Crippen molar-refractivity contribution in [1.82, 2.24) is 10.2 Å². The molecular weight excluding hydrogens is 330 g/mol. The molecule has 2 N–H and O–H groups in total. The molecule has 0 aliphatic carbocycles. The molecule has 1 fully saturated rings. The average Bonchev–Trinajstić information content (AvgIpc) is 2.81. The Balaban J connectivity index is 1.88. The van der Waals surface area contributed by atoms with E-state index in [0.29, 0.717) is 5.56 Å². The van der Waals surface area contributed by atoms with Gasteiger partial charge in [-0.25, -0.2) is 13.6 Å². The van der Waals surface area contributed by atoms with Crippen LogP contribution in [-0.2, 0) is 10.3 Å². The molecule has 2 atom stereocenters. The van der Waals surface area contributed by atoms with Crippen LogP contribution in [-0.4, -0.2) is 28.5 Å². The molecule has 0 unspecified atom stereocenters. The van der Waals surface area contributed by atoms with Gasteiger partial charge in [-0.1, -0.05) is 30.3 Å². The smallest absolute Gasteiger partial charge is 0.325 e. The van der Waals surface area contributed by atoms with Gasteiger partial charge >= 0.3 is 6.03 Å². The Kier molecular flexibility index (Phi) is 4.26. The molecule has 0 aromatic heterocycles. The van der Waals surface area contributed by atoms with Crippen LogP contribution in [0.5, 0.6) is 0 Å². The second-order valence-corrected chi connectivity index (χ2v) is 6.02. The molecule has 5 nitrogen and oxygen atoms in total. The van der Waals surface area contributed by atoms with E-state index < -0.39 is 35.2 Å². The summed E-state index contributed by atoms with van der Waals surface area (Å²) in [7, 11) is 0. The van der Waals surface area contributed by atoms with Gasteiger partial charge in [0.15, 0.2) is 0 Å². The van der Waals surface area contributed by atoms with Gasteiger partial charge in [0.1, 0.15) is 17.2 Å². The highest BCUT2D eigenvalue weighted by atomic mass is 19.1. The summed E-state index contributed by atoms with van der Waals surface area (Å²) in [4.78, 5) is 25.7. The topological polar surface area (TPSA) is 69.6 Å². The number of imide groups is 1. The molecule has 2 aromatic rings. The lowest BCUT2D eigenvalue weighted by Crippen LogP contribution is -2.42. The van der Waals surface area contributed by atoms with Crippen LogP contribution in [0.25, 0.3) is 0 Å².